The third kappa shape index (κ3) is 3.55. The molecule has 1 fully saturated rings. The molecule has 8 heteroatoms. The molecule has 0 radical (unpaired) electrons. The van der Waals surface area contributed by atoms with Crippen LogP contribution in [-0.2, 0) is 0 Å². The van der Waals surface area contributed by atoms with Crippen molar-refractivity contribution in [3.8, 4) is 0 Å². The van der Waals surface area contributed by atoms with Gasteiger partial charge < -0.3 is 14.7 Å². The first-order chi connectivity index (χ1) is 11.8. The molecule has 1 atom stereocenters. The molecule has 0 N–H and O–H groups in total. The zero-order valence-corrected chi connectivity index (χ0v) is 17.2. The number of likely N-dealkylation sites (N-methyl/N-ethyl adjacent to an activating group) is 1. The van der Waals surface area contributed by atoms with Crippen LogP contribution < -0.4 is 9.80 Å². The molecule has 0 bridgehead atoms. The number of anilines is 2. The molecule has 2 aromatic rings. The van der Waals surface area contributed by atoms with Crippen molar-refractivity contribution >= 4 is 50.2 Å². The second-order valence-corrected chi connectivity index (χ2v) is 7.98. The van der Waals surface area contributed by atoms with Crippen LogP contribution >= 0.6 is 27.5 Å². The molecule has 0 saturated carbocycles. The molecule has 0 amide bonds. The van der Waals surface area contributed by atoms with E-state index >= 15 is 0 Å². The second kappa shape index (κ2) is 7.21. The van der Waals surface area contributed by atoms with Gasteiger partial charge in [0.1, 0.15) is 11.3 Å². The maximum Gasteiger partial charge on any atom is 0.228 e. The van der Waals surface area contributed by atoms with E-state index in [1.807, 2.05) is 19.0 Å². The van der Waals surface area contributed by atoms with E-state index in [4.69, 9.17) is 16.6 Å². The first-order valence-electron chi connectivity index (χ1n) is 8.27. The predicted molar refractivity (Wildman–Crippen MR) is 105 cm³/mol. The maximum atomic E-state index is 14.8. The molecule has 25 heavy (non-hydrogen) atoms. The van der Waals surface area contributed by atoms with Gasteiger partial charge in [0, 0.05) is 38.6 Å². The van der Waals surface area contributed by atoms with Crippen molar-refractivity contribution < 1.29 is 4.39 Å². The zero-order chi connectivity index (χ0) is 18.3. The quantitative estimate of drug-likeness (QED) is 0.678. The number of halogens is 3. The summed E-state index contributed by atoms with van der Waals surface area (Å²) in [6.45, 7) is 4.95. The Labute approximate surface area is 160 Å². The minimum atomic E-state index is -0.450. The summed E-state index contributed by atoms with van der Waals surface area (Å²) in [6, 6.07) is 1.96. The Hall–Kier alpha value is -1.18. The monoisotopic (exact) mass is 429 g/mol. The molecule has 1 aliphatic heterocycles. The third-order valence-electron chi connectivity index (χ3n) is 4.52. The van der Waals surface area contributed by atoms with Crippen LogP contribution in [-0.4, -0.2) is 61.7 Å². The molecule has 1 aromatic carbocycles. The van der Waals surface area contributed by atoms with E-state index < -0.39 is 5.82 Å². The standard InChI is InChI=1S/C17H22BrClFN5/c1-10-9-24(4)6-5-7-25(10)17-21-15-11(16(22-17)23(2)3)8-12(19)13(18)14(15)20/h8,10H,5-7,9H2,1-4H3. The van der Waals surface area contributed by atoms with Crippen molar-refractivity contribution in [2.24, 2.45) is 0 Å². The van der Waals surface area contributed by atoms with Crippen molar-refractivity contribution in [3.05, 3.63) is 21.4 Å². The Morgan fingerprint density at radius 3 is 2.72 bits per heavy atom. The Morgan fingerprint density at radius 1 is 1.32 bits per heavy atom. The van der Waals surface area contributed by atoms with Gasteiger partial charge in [-0.05, 0) is 48.9 Å². The minimum Gasteiger partial charge on any atom is -0.362 e. The molecule has 3 rings (SSSR count). The molecular weight excluding hydrogens is 409 g/mol. The van der Waals surface area contributed by atoms with E-state index in [9.17, 15) is 4.39 Å². The molecule has 1 saturated heterocycles. The van der Waals surface area contributed by atoms with Gasteiger partial charge in [-0.15, -0.1) is 0 Å². The van der Waals surface area contributed by atoms with E-state index in [1.165, 1.54) is 0 Å². The highest BCUT2D eigenvalue weighted by molar-refractivity contribution is 9.10. The predicted octanol–water partition coefficient (Wildman–Crippen LogP) is 3.78. The number of nitrogens with zero attached hydrogens (tertiary/aromatic N) is 5. The Kier molecular flexibility index (Phi) is 5.37. The van der Waals surface area contributed by atoms with Gasteiger partial charge in [-0.25, -0.2) is 9.37 Å². The number of benzene rings is 1. The van der Waals surface area contributed by atoms with Crippen molar-refractivity contribution in [2.45, 2.75) is 19.4 Å². The Bertz CT molecular complexity index is 800. The molecule has 5 nitrogen and oxygen atoms in total. The summed E-state index contributed by atoms with van der Waals surface area (Å²) in [5, 5.41) is 0.924. The lowest BCUT2D eigenvalue weighted by Crippen LogP contribution is -2.39. The van der Waals surface area contributed by atoms with Crippen LogP contribution in [0.15, 0.2) is 10.5 Å². The summed E-state index contributed by atoms with van der Waals surface area (Å²) in [5.74, 6) is 0.777. The van der Waals surface area contributed by atoms with E-state index in [0.717, 1.165) is 26.1 Å². The van der Waals surface area contributed by atoms with Crippen molar-refractivity contribution in [3.63, 3.8) is 0 Å². The summed E-state index contributed by atoms with van der Waals surface area (Å²) < 4.78 is 15.1. The average molecular weight is 431 g/mol. The fourth-order valence-electron chi connectivity index (χ4n) is 3.28. The zero-order valence-electron chi connectivity index (χ0n) is 14.9. The van der Waals surface area contributed by atoms with Gasteiger partial charge >= 0.3 is 0 Å². The molecule has 1 unspecified atom stereocenters. The average Bonchev–Trinajstić information content (AvgIpc) is 2.72. The molecular formula is C17H22BrClFN5. The van der Waals surface area contributed by atoms with Crippen LogP contribution in [0.5, 0.6) is 0 Å². The highest BCUT2D eigenvalue weighted by Crippen LogP contribution is 2.36. The lowest BCUT2D eigenvalue weighted by Gasteiger charge is -2.29. The van der Waals surface area contributed by atoms with Crippen LogP contribution in [0, 0.1) is 5.82 Å². The van der Waals surface area contributed by atoms with Gasteiger partial charge in [0.2, 0.25) is 5.95 Å². The summed E-state index contributed by atoms with van der Waals surface area (Å²) in [5.41, 5.74) is 0.287. The lowest BCUT2D eigenvalue weighted by atomic mass is 10.2. The van der Waals surface area contributed by atoms with E-state index in [2.05, 4.69) is 44.7 Å². The van der Waals surface area contributed by atoms with E-state index in [0.29, 0.717) is 22.2 Å². The highest BCUT2D eigenvalue weighted by Gasteiger charge is 2.25. The first kappa shape index (κ1) is 18.6. The number of hydrogen-bond acceptors (Lipinski definition) is 5. The van der Waals surface area contributed by atoms with Crippen LogP contribution in [0.2, 0.25) is 5.02 Å². The SMILES string of the molecule is CC1CN(C)CCCN1c1nc(N(C)C)c2cc(Cl)c(Br)c(F)c2n1. The number of fused-ring (bicyclic) bond motifs is 1. The van der Waals surface area contributed by atoms with Crippen LogP contribution in [0.3, 0.4) is 0 Å². The summed E-state index contributed by atoms with van der Waals surface area (Å²) in [6.07, 6.45) is 1.02. The fourth-order valence-corrected chi connectivity index (χ4v) is 3.78. The molecule has 136 valence electrons. The smallest absolute Gasteiger partial charge is 0.228 e. The molecule has 0 spiro atoms. The summed E-state index contributed by atoms with van der Waals surface area (Å²) >= 11 is 9.36. The number of hydrogen-bond donors (Lipinski definition) is 0. The molecule has 0 aliphatic carbocycles. The lowest BCUT2D eigenvalue weighted by molar-refractivity contribution is 0.337. The molecule has 1 aliphatic rings. The normalized spacial score (nSPS) is 19.3. The molecule has 2 heterocycles. The van der Waals surface area contributed by atoms with Crippen LogP contribution in [0.4, 0.5) is 16.2 Å². The number of rotatable bonds is 2. The van der Waals surface area contributed by atoms with Crippen molar-refractivity contribution in [2.75, 3.05) is 50.6 Å². The number of aromatic nitrogens is 2. The van der Waals surface area contributed by atoms with Gasteiger partial charge in [0.25, 0.3) is 0 Å². The van der Waals surface area contributed by atoms with Crippen molar-refractivity contribution in [1.29, 1.82) is 0 Å². The largest absolute Gasteiger partial charge is 0.362 e. The van der Waals surface area contributed by atoms with Gasteiger partial charge in [-0.3, -0.25) is 0 Å². The fraction of sp³-hybridized carbons (Fsp3) is 0.529. The third-order valence-corrected chi connectivity index (χ3v) is 5.82. The van der Waals surface area contributed by atoms with Gasteiger partial charge in [0.05, 0.1) is 9.50 Å². The van der Waals surface area contributed by atoms with Gasteiger partial charge in [-0.1, -0.05) is 11.6 Å². The Balaban J connectivity index is 2.19. The second-order valence-electron chi connectivity index (χ2n) is 6.78. The van der Waals surface area contributed by atoms with E-state index in [-0.39, 0.29) is 16.0 Å². The van der Waals surface area contributed by atoms with Gasteiger partial charge in [-0.2, -0.15) is 4.98 Å². The first-order valence-corrected chi connectivity index (χ1v) is 9.44. The maximum absolute atomic E-state index is 14.8. The topological polar surface area (TPSA) is 35.5 Å². The molecule has 1 aromatic heterocycles. The van der Waals surface area contributed by atoms with Crippen LogP contribution in [0.1, 0.15) is 13.3 Å². The summed E-state index contributed by atoms with van der Waals surface area (Å²) in [7, 11) is 5.89. The minimum absolute atomic E-state index is 0.236. The highest BCUT2D eigenvalue weighted by atomic mass is 79.9. The van der Waals surface area contributed by atoms with Crippen LogP contribution in [0.25, 0.3) is 10.9 Å². The Morgan fingerprint density at radius 2 is 2.04 bits per heavy atom. The van der Waals surface area contributed by atoms with E-state index in [1.54, 1.807) is 6.07 Å². The summed E-state index contributed by atoms with van der Waals surface area (Å²) in [4.78, 5) is 15.6. The van der Waals surface area contributed by atoms with Crippen molar-refractivity contribution in [1.82, 2.24) is 14.9 Å². The van der Waals surface area contributed by atoms with Gasteiger partial charge in [0.15, 0.2) is 5.82 Å².